The first-order chi connectivity index (χ1) is 11.0. The number of hydrogen-bond acceptors (Lipinski definition) is 2. The molecule has 0 aliphatic carbocycles. The van der Waals surface area contributed by atoms with Crippen molar-refractivity contribution in [3.63, 3.8) is 0 Å². The standard InChI is InChI=1S/C19H27N3O.HI/c1-13-6-9-17(10-7-13)14(2)12-21-19(20-5)22-16(4)18-11-8-15(3)23-18;/h6-11,14,16H,12H2,1-5H3,(H2,20,21,22);1H. The van der Waals surface area contributed by atoms with Gasteiger partial charge in [0.05, 0.1) is 6.04 Å². The van der Waals surface area contributed by atoms with Crippen molar-refractivity contribution in [3.8, 4) is 0 Å². The maximum absolute atomic E-state index is 5.65. The first-order valence-electron chi connectivity index (χ1n) is 8.09. The van der Waals surface area contributed by atoms with Gasteiger partial charge in [-0.1, -0.05) is 36.8 Å². The second-order valence-corrected chi connectivity index (χ2v) is 6.08. The number of aryl methyl sites for hydroxylation is 2. The number of aliphatic imine (C=N–C) groups is 1. The lowest BCUT2D eigenvalue weighted by atomic mass is 10.0. The first kappa shape index (κ1) is 20.5. The Balaban J connectivity index is 0.00000288. The number of hydrogen-bond donors (Lipinski definition) is 2. The largest absolute Gasteiger partial charge is 0.464 e. The summed E-state index contributed by atoms with van der Waals surface area (Å²) in [4.78, 5) is 4.29. The molecule has 0 aliphatic heterocycles. The van der Waals surface area contributed by atoms with Crippen molar-refractivity contribution >= 4 is 29.9 Å². The number of rotatable bonds is 5. The Labute approximate surface area is 162 Å². The van der Waals surface area contributed by atoms with Gasteiger partial charge in [-0.15, -0.1) is 24.0 Å². The van der Waals surface area contributed by atoms with Gasteiger partial charge in [-0.2, -0.15) is 0 Å². The molecule has 5 heteroatoms. The summed E-state index contributed by atoms with van der Waals surface area (Å²) < 4.78 is 5.65. The molecule has 1 aromatic heterocycles. The summed E-state index contributed by atoms with van der Waals surface area (Å²) in [5.74, 6) is 3.03. The van der Waals surface area contributed by atoms with Crippen LogP contribution in [0.1, 0.15) is 48.5 Å². The highest BCUT2D eigenvalue weighted by molar-refractivity contribution is 14.0. The number of nitrogens with one attached hydrogen (secondary N) is 2. The van der Waals surface area contributed by atoms with Crippen LogP contribution in [0.5, 0.6) is 0 Å². The van der Waals surface area contributed by atoms with E-state index in [0.717, 1.165) is 24.0 Å². The van der Waals surface area contributed by atoms with Crippen molar-refractivity contribution in [1.82, 2.24) is 10.6 Å². The zero-order valence-corrected chi connectivity index (χ0v) is 17.4. The summed E-state index contributed by atoms with van der Waals surface area (Å²) >= 11 is 0. The summed E-state index contributed by atoms with van der Waals surface area (Å²) in [6, 6.07) is 12.7. The molecule has 0 saturated heterocycles. The number of nitrogens with zero attached hydrogens (tertiary/aromatic N) is 1. The SMILES string of the molecule is CN=C(NCC(C)c1ccc(C)cc1)NC(C)c1ccc(C)o1.I. The van der Waals surface area contributed by atoms with E-state index < -0.39 is 0 Å². The zero-order chi connectivity index (χ0) is 16.8. The molecule has 0 fully saturated rings. The Kier molecular flexibility index (Phi) is 8.31. The molecule has 0 bridgehead atoms. The minimum Gasteiger partial charge on any atom is -0.464 e. The summed E-state index contributed by atoms with van der Waals surface area (Å²) in [5, 5.41) is 6.74. The minimum absolute atomic E-state index is 0. The molecule has 132 valence electrons. The van der Waals surface area contributed by atoms with Gasteiger partial charge < -0.3 is 15.1 Å². The molecular weight excluding hydrogens is 413 g/mol. The molecule has 0 amide bonds. The van der Waals surface area contributed by atoms with Crippen LogP contribution >= 0.6 is 24.0 Å². The van der Waals surface area contributed by atoms with Crippen molar-refractivity contribution in [2.75, 3.05) is 13.6 Å². The van der Waals surface area contributed by atoms with Crippen LogP contribution < -0.4 is 10.6 Å². The predicted molar refractivity (Wildman–Crippen MR) is 111 cm³/mol. The van der Waals surface area contributed by atoms with E-state index in [4.69, 9.17) is 4.42 Å². The van der Waals surface area contributed by atoms with Crippen LogP contribution in [0.4, 0.5) is 0 Å². The van der Waals surface area contributed by atoms with E-state index in [1.807, 2.05) is 19.1 Å². The summed E-state index contributed by atoms with van der Waals surface area (Å²) in [5.41, 5.74) is 2.61. The number of guanidine groups is 1. The molecule has 1 heterocycles. The van der Waals surface area contributed by atoms with E-state index >= 15 is 0 Å². The fourth-order valence-electron chi connectivity index (χ4n) is 2.42. The molecule has 1 aromatic carbocycles. The molecule has 24 heavy (non-hydrogen) atoms. The van der Waals surface area contributed by atoms with Crippen LogP contribution in [-0.4, -0.2) is 19.6 Å². The van der Waals surface area contributed by atoms with Gasteiger partial charge in [-0.05, 0) is 44.4 Å². The monoisotopic (exact) mass is 441 g/mol. The zero-order valence-electron chi connectivity index (χ0n) is 15.1. The topological polar surface area (TPSA) is 49.6 Å². The lowest BCUT2D eigenvalue weighted by Crippen LogP contribution is -2.40. The number of halogens is 1. The first-order valence-corrected chi connectivity index (χ1v) is 8.09. The Hall–Kier alpha value is -1.50. The van der Waals surface area contributed by atoms with Crippen molar-refractivity contribution in [2.45, 2.75) is 39.7 Å². The van der Waals surface area contributed by atoms with E-state index in [-0.39, 0.29) is 30.0 Å². The highest BCUT2D eigenvalue weighted by Crippen LogP contribution is 2.16. The van der Waals surface area contributed by atoms with Gasteiger partial charge in [-0.25, -0.2) is 0 Å². The van der Waals surface area contributed by atoms with Crippen molar-refractivity contribution in [1.29, 1.82) is 0 Å². The van der Waals surface area contributed by atoms with Gasteiger partial charge in [0.25, 0.3) is 0 Å². The second kappa shape index (κ2) is 9.71. The molecule has 0 aliphatic rings. The van der Waals surface area contributed by atoms with E-state index in [0.29, 0.717) is 5.92 Å². The van der Waals surface area contributed by atoms with Crippen LogP contribution in [-0.2, 0) is 0 Å². The molecule has 0 spiro atoms. The summed E-state index contributed by atoms with van der Waals surface area (Å²) in [6.45, 7) is 9.16. The Bertz CT molecular complexity index is 649. The fraction of sp³-hybridized carbons (Fsp3) is 0.421. The van der Waals surface area contributed by atoms with Gasteiger partial charge >= 0.3 is 0 Å². The Morgan fingerprint density at radius 3 is 2.29 bits per heavy atom. The Morgan fingerprint density at radius 2 is 1.75 bits per heavy atom. The molecular formula is C19H28IN3O. The molecule has 2 unspecified atom stereocenters. The molecule has 0 radical (unpaired) electrons. The fourth-order valence-corrected chi connectivity index (χ4v) is 2.42. The second-order valence-electron chi connectivity index (χ2n) is 6.08. The third-order valence-corrected chi connectivity index (χ3v) is 3.99. The maximum atomic E-state index is 5.65. The van der Waals surface area contributed by atoms with Crippen LogP contribution in [0.15, 0.2) is 45.8 Å². The molecule has 4 nitrogen and oxygen atoms in total. The highest BCUT2D eigenvalue weighted by atomic mass is 127. The smallest absolute Gasteiger partial charge is 0.191 e. The summed E-state index contributed by atoms with van der Waals surface area (Å²) in [7, 11) is 1.78. The van der Waals surface area contributed by atoms with Gasteiger partial charge in [0.15, 0.2) is 5.96 Å². The maximum Gasteiger partial charge on any atom is 0.191 e. The average Bonchev–Trinajstić information content (AvgIpc) is 2.98. The van der Waals surface area contributed by atoms with E-state index in [9.17, 15) is 0 Å². The molecule has 2 rings (SSSR count). The highest BCUT2D eigenvalue weighted by Gasteiger charge is 2.12. The quantitative estimate of drug-likeness (QED) is 0.407. The van der Waals surface area contributed by atoms with Crippen molar-refractivity contribution < 1.29 is 4.42 Å². The summed E-state index contributed by atoms with van der Waals surface area (Å²) in [6.07, 6.45) is 0. The number of benzene rings is 1. The van der Waals surface area contributed by atoms with E-state index in [1.54, 1.807) is 7.05 Å². The average molecular weight is 441 g/mol. The van der Waals surface area contributed by atoms with Crippen molar-refractivity contribution in [2.24, 2.45) is 4.99 Å². The molecule has 2 aromatic rings. The van der Waals surface area contributed by atoms with Gasteiger partial charge in [0, 0.05) is 13.6 Å². The third kappa shape index (κ3) is 5.85. The Morgan fingerprint density at radius 1 is 1.08 bits per heavy atom. The van der Waals surface area contributed by atoms with Gasteiger partial charge in [0.2, 0.25) is 0 Å². The third-order valence-electron chi connectivity index (χ3n) is 3.99. The molecule has 2 atom stereocenters. The van der Waals surface area contributed by atoms with Gasteiger partial charge in [0.1, 0.15) is 11.5 Å². The molecule has 2 N–H and O–H groups in total. The minimum atomic E-state index is 0. The van der Waals surface area contributed by atoms with E-state index in [2.05, 4.69) is 60.7 Å². The van der Waals surface area contributed by atoms with Crippen LogP contribution in [0.3, 0.4) is 0 Å². The van der Waals surface area contributed by atoms with Crippen molar-refractivity contribution in [3.05, 3.63) is 59.0 Å². The molecule has 0 saturated carbocycles. The normalized spacial score (nSPS) is 13.8. The van der Waals surface area contributed by atoms with Gasteiger partial charge in [-0.3, -0.25) is 4.99 Å². The van der Waals surface area contributed by atoms with Crippen LogP contribution in [0.2, 0.25) is 0 Å². The van der Waals surface area contributed by atoms with E-state index in [1.165, 1.54) is 11.1 Å². The van der Waals surface area contributed by atoms with Crippen LogP contribution in [0.25, 0.3) is 0 Å². The number of furan rings is 1. The van der Waals surface area contributed by atoms with Crippen LogP contribution in [0, 0.1) is 13.8 Å². The lowest BCUT2D eigenvalue weighted by molar-refractivity contribution is 0.441. The predicted octanol–water partition coefficient (Wildman–Crippen LogP) is 4.54. The lowest BCUT2D eigenvalue weighted by Gasteiger charge is -2.19.